The van der Waals surface area contributed by atoms with Crippen LogP contribution < -0.4 is 10.1 Å². The molecule has 0 amide bonds. The lowest BCUT2D eigenvalue weighted by Crippen LogP contribution is -2.20. The first-order valence-corrected chi connectivity index (χ1v) is 7.37. The number of nitriles is 1. The maximum atomic E-state index is 8.58. The van der Waals surface area contributed by atoms with E-state index in [-0.39, 0.29) is 6.61 Å². The summed E-state index contributed by atoms with van der Waals surface area (Å²) in [5.74, 6) is 1.16. The molecule has 0 aliphatic heterocycles. The zero-order chi connectivity index (χ0) is 14.2. The molecule has 2 rings (SSSR count). The Morgan fingerprint density at radius 1 is 1.45 bits per heavy atom. The molecule has 5 heteroatoms. The van der Waals surface area contributed by atoms with E-state index in [9.17, 15) is 0 Å². The second-order valence-corrected chi connectivity index (χ2v) is 5.38. The van der Waals surface area contributed by atoms with Crippen molar-refractivity contribution in [2.75, 3.05) is 13.2 Å². The third kappa shape index (κ3) is 4.05. The van der Waals surface area contributed by atoms with Gasteiger partial charge in [0.05, 0.1) is 5.01 Å². The lowest BCUT2D eigenvalue weighted by atomic mass is 10.1. The molecule has 0 saturated heterocycles. The molecule has 104 valence electrons. The molecule has 4 nitrogen and oxygen atoms in total. The number of aromatic nitrogens is 1. The number of ether oxygens (including phenoxy) is 1. The molecule has 20 heavy (non-hydrogen) atoms. The van der Waals surface area contributed by atoms with Crippen LogP contribution in [-0.4, -0.2) is 18.1 Å². The van der Waals surface area contributed by atoms with Gasteiger partial charge < -0.3 is 10.1 Å². The van der Waals surface area contributed by atoms with E-state index >= 15 is 0 Å². The fraction of sp³-hybridized carbons (Fsp3) is 0.333. The molecule has 1 N–H and O–H groups in total. The minimum atomic E-state index is 0.0759. The van der Waals surface area contributed by atoms with Gasteiger partial charge in [-0.05, 0) is 6.07 Å². The lowest BCUT2D eigenvalue weighted by Gasteiger charge is -2.12. The SMILES string of the molecule is CC(CNCc1ccccc1OCC#N)c1nccs1. The van der Waals surface area contributed by atoms with Gasteiger partial charge in [0.2, 0.25) is 0 Å². The van der Waals surface area contributed by atoms with Crippen molar-refractivity contribution in [3.8, 4) is 11.8 Å². The van der Waals surface area contributed by atoms with Crippen LogP contribution in [0.4, 0.5) is 0 Å². The van der Waals surface area contributed by atoms with Crippen LogP contribution in [0.15, 0.2) is 35.8 Å². The number of hydrogen-bond donors (Lipinski definition) is 1. The van der Waals surface area contributed by atoms with Crippen LogP contribution in [0, 0.1) is 11.3 Å². The van der Waals surface area contributed by atoms with Crippen molar-refractivity contribution in [2.24, 2.45) is 0 Å². The van der Waals surface area contributed by atoms with Gasteiger partial charge in [-0.2, -0.15) is 5.26 Å². The Hall–Kier alpha value is -1.90. The summed E-state index contributed by atoms with van der Waals surface area (Å²) in [7, 11) is 0. The van der Waals surface area contributed by atoms with Crippen LogP contribution in [0.3, 0.4) is 0 Å². The molecule has 0 aliphatic carbocycles. The van der Waals surface area contributed by atoms with Crippen LogP contribution in [0.5, 0.6) is 5.75 Å². The van der Waals surface area contributed by atoms with Gasteiger partial charge in [0.15, 0.2) is 6.61 Å². The normalized spacial score (nSPS) is 11.8. The van der Waals surface area contributed by atoms with Crippen LogP contribution in [-0.2, 0) is 6.54 Å². The van der Waals surface area contributed by atoms with E-state index in [1.54, 1.807) is 11.3 Å². The van der Waals surface area contributed by atoms with E-state index < -0.39 is 0 Å². The Morgan fingerprint density at radius 2 is 2.30 bits per heavy atom. The fourth-order valence-electron chi connectivity index (χ4n) is 1.89. The first-order chi connectivity index (χ1) is 9.81. The predicted molar refractivity (Wildman–Crippen MR) is 79.8 cm³/mol. The number of thiazole rings is 1. The average Bonchev–Trinajstić information content (AvgIpc) is 3.00. The predicted octanol–water partition coefficient (Wildman–Crippen LogP) is 2.94. The second-order valence-electron chi connectivity index (χ2n) is 4.46. The van der Waals surface area contributed by atoms with Crippen LogP contribution in [0.1, 0.15) is 23.4 Å². The molecule has 1 atom stereocenters. The smallest absolute Gasteiger partial charge is 0.174 e. The molecule has 0 bridgehead atoms. The summed E-state index contributed by atoms with van der Waals surface area (Å²) in [6, 6.07) is 9.77. The van der Waals surface area contributed by atoms with Crippen LogP contribution in [0.2, 0.25) is 0 Å². The highest BCUT2D eigenvalue weighted by atomic mass is 32.1. The first kappa shape index (κ1) is 14.5. The second kappa shape index (κ2) is 7.63. The van der Waals surface area contributed by atoms with E-state index in [2.05, 4.69) is 17.2 Å². The molecule has 0 saturated carbocycles. The molecule has 1 aromatic carbocycles. The van der Waals surface area contributed by atoms with E-state index in [0.717, 1.165) is 29.4 Å². The molecular formula is C15H17N3OS. The Kier molecular flexibility index (Phi) is 5.54. The highest BCUT2D eigenvalue weighted by Crippen LogP contribution is 2.19. The van der Waals surface area contributed by atoms with Gasteiger partial charge in [0.1, 0.15) is 11.8 Å². The monoisotopic (exact) mass is 287 g/mol. The topological polar surface area (TPSA) is 57.9 Å². The van der Waals surface area contributed by atoms with Crippen LogP contribution >= 0.6 is 11.3 Å². The van der Waals surface area contributed by atoms with Crippen molar-refractivity contribution in [1.29, 1.82) is 5.26 Å². The highest BCUT2D eigenvalue weighted by molar-refractivity contribution is 7.09. The summed E-state index contributed by atoms with van der Waals surface area (Å²) in [6.45, 7) is 3.81. The fourth-order valence-corrected chi connectivity index (χ4v) is 2.59. The minimum Gasteiger partial charge on any atom is -0.478 e. The molecule has 0 fully saturated rings. The summed E-state index contributed by atoms with van der Waals surface area (Å²) in [5, 5.41) is 15.1. The largest absolute Gasteiger partial charge is 0.478 e. The van der Waals surface area contributed by atoms with Gasteiger partial charge in [0.25, 0.3) is 0 Å². The molecular weight excluding hydrogens is 270 g/mol. The van der Waals surface area contributed by atoms with Crippen molar-refractivity contribution in [2.45, 2.75) is 19.4 Å². The lowest BCUT2D eigenvalue weighted by molar-refractivity contribution is 0.362. The standard InChI is InChI=1S/C15H17N3OS/c1-12(15-18-7-9-20-15)10-17-11-13-4-2-3-5-14(13)19-8-6-16/h2-5,7,9,12,17H,8,10-11H2,1H3. The van der Waals surface area contributed by atoms with Gasteiger partial charge >= 0.3 is 0 Å². The number of hydrogen-bond acceptors (Lipinski definition) is 5. The average molecular weight is 287 g/mol. The third-order valence-corrected chi connectivity index (χ3v) is 3.91. The van der Waals surface area contributed by atoms with E-state index in [4.69, 9.17) is 10.00 Å². The number of para-hydroxylation sites is 1. The number of benzene rings is 1. The van der Waals surface area contributed by atoms with Gasteiger partial charge in [-0.3, -0.25) is 0 Å². The Bertz CT molecular complexity index is 563. The van der Waals surface area contributed by atoms with Gasteiger partial charge in [-0.15, -0.1) is 11.3 Å². The van der Waals surface area contributed by atoms with E-state index in [0.29, 0.717) is 5.92 Å². The van der Waals surface area contributed by atoms with Crippen molar-refractivity contribution in [3.63, 3.8) is 0 Å². The van der Waals surface area contributed by atoms with E-state index in [1.165, 1.54) is 0 Å². The minimum absolute atomic E-state index is 0.0759. The molecule has 2 aromatic rings. The summed E-state index contributed by atoms with van der Waals surface area (Å²) in [5.41, 5.74) is 1.06. The molecule has 1 heterocycles. The summed E-state index contributed by atoms with van der Waals surface area (Å²) in [6.07, 6.45) is 1.83. The Balaban J connectivity index is 1.86. The van der Waals surface area contributed by atoms with Crippen LogP contribution in [0.25, 0.3) is 0 Å². The van der Waals surface area contributed by atoms with Gasteiger partial charge in [-0.25, -0.2) is 4.98 Å². The van der Waals surface area contributed by atoms with Crippen molar-refractivity contribution in [1.82, 2.24) is 10.3 Å². The Labute approximate surface area is 123 Å². The maximum absolute atomic E-state index is 8.58. The zero-order valence-corrected chi connectivity index (χ0v) is 12.2. The maximum Gasteiger partial charge on any atom is 0.174 e. The highest BCUT2D eigenvalue weighted by Gasteiger charge is 2.08. The summed E-state index contributed by atoms with van der Waals surface area (Å²) < 4.78 is 5.40. The Morgan fingerprint density at radius 3 is 3.05 bits per heavy atom. The number of nitrogens with zero attached hydrogens (tertiary/aromatic N) is 2. The number of rotatable bonds is 7. The van der Waals surface area contributed by atoms with Gasteiger partial charge in [0, 0.05) is 36.1 Å². The summed E-state index contributed by atoms with van der Waals surface area (Å²) >= 11 is 1.68. The molecule has 0 aliphatic rings. The quantitative estimate of drug-likeness (QED) is 0.850. The molecule has 1 unspecified atom stereocenters. The number of nitrogens with one attached hydrogen (secondary N) is 1. The van der Waals surface area contributed by atoms with Crippen molar-refractivity contribution in [3.05, 3.63) is 46.4 Å². The summed E-state index contributed by atoms with van der Waals surface area (Å²) in [4.78, 5) is 4.32. The zero-order valence-electron chi connectivity index (χ0n) is 11.4. The van der Waals surface area contributed by atoms with E-state index in [1.807, 2.05) is 41.9 Å². The molecule has 1 aromatic heterocycles. The van der Waals surface area contributed by atoms with Crippen molar-refractivity contribution >= 4 is 11.3 Å². The first-order valence-electron chi connectivity index (χ1n) is 6.49. The van der Waals surface area contributed by atoms with Gasteiger partial charge in [-0.1, -0.05) is 25.1 Å². The third-order valence-electron chi connectivity index (χ3n) is 2.90. The van der Waals surface area contributed by atoms with Crippen molar-refractivity contribution < 1.29 is 4.74 Å². The molecule has 0 spiro atoms. The molecule has 0 radical (unpaired) electrons.